The summed E-state index contributed by atoms with van der Waals surface area (Å²) in [5.41, 5.74) is 0.245. The largest absolute Gasteiger partial charge is 0.416 e. The first-order chi connectivity index (χ1) is 14.8. The molecule has 1 aliphatic heterocycles. The van der Waals surface area contributed by atoms with Crippen molar-refractivity contribution in [1.82, 2.24) is 10.2 Å². The number of nitrogens with zero attached hydrogens (tertiary/aromatic N) is 3. The molecule has 5 nitrogen and oxygen atoms in total. The highest BCUT2D eigenvalue weighted by Crippen LogP contribution is 2.31. The van der Waals surface area contributed by atoms with Gasteiger partial charge in [0.2, 0.25) is 5.91 Å². The summed E-state index contributed by atoms with van der Waals surface area (Å²) >= 11 is 0. The van der Waals surface area contributed by atoms with E-state index in [0.717, 1.165) is 82.6 Å². The molecule has 31 heavy (non-hydrogen) atoms. The van der Waals surface area contributed by atoms with E-state index in [1.807, 2.05) is 6.07 Å². The highest BCUT2D eigenvalue weighted by Gasteiger charge is 2.30. The second-order valence-electron chi connectivity index (χ2n) is 8.61. The van der Waals surface area contributed by atoms with Gasteiger partial charge in [0.05, 0.1) is 11.6 Å². The van der Waals surface area contributed by atoms with Crippen LogP contribution in [0.3, 0.4) is 0 Å². The molecule has 1 aliphatic carbocycles. The number of carbonyl (C=O) groups excluding carboxylic acids is 1. The molecule has 0 unspecified atom stereocenters. The van der Waals surface area contributed by atoms with Crippen LogP contribution in [0.5, 0.6) is 0 Å². The fourth-order valence-corrected chi connectivity index (χ4v) is 4.52. The number of nitriles is 1. The van der Waals surface area contributed by atoms with Gasteiger partial charge in [-0.05, 0) is 68.8 Å². The van der Waals surface area contributed by atoms with Gasteiger partial charge in [-0.25, -0.2) is 0 Å². The molecular formula is C23H31F3N4O. The number of halogens is 3. The summed E-state index contributed by atoms with van der Waals surface area (Å²) in [6.07, 6.45) is 1.66. The summed E-state index contributed by atoms with van der Waals surface area (Å²) in [4.78, 5) is 16.3. The molecule has 2 aliphatic rings. The van der Waals surface area contributed by atoms with Crippen LogP contribution in [-0.4, -0.2) is 49.6 Å². The van der Waals surface area contributed by atoms with Crippen molar-refractivity contribution >= 4 is 11.6 Å². The lowest BCUT2D eigenvalue weighted by Crippen LogP contribution is -2.47. The minimum Gasteiger partial charge on any atom is -0.369 e. The second kappa shape index (κ2) is 10.9. The molecule has 170 valence electrons. The Kier molecular flexibility index (Phi) is 8.19. The Hall–Kier alpha value is -2.27. The Labute approximate surface area is 182 Å². The molecule has 0 radical (unpaired) electrons. The SMILES string of the molecule is N#CCCC(=O)NC1CCC(CCN2CCN(c3ccc(C(F)(F)F)cc3)CC2)CC1. The second-order valence-corrected chi connectivity index (χ2v) is 8.61. The molecule has 1 aromatic rings. The first-order valence-corrected chi connectivity index (χ1v) is 11.2. The maximum absolute atomic E-state index is 12.7. The van der Waals surface area contributed by atoms with Crippen molar-refractivity contribution in [3.63, 3.8) is 0 Å². The molecule has 0 aromatic heterocycles. The van der Waals surface area contributed by atoms with Crippen LogP contribution in [-0.2, 0) is 11.0 Å². The monoisotopic (exact) mass is 436 g/mol. The van der Waals surface area contributed by atoms with Crippen molar-refractivity contribution in [3.8, 4) is 6.07 Å². The fraction of sp³-hybridized carbons (Fsp3) is 0.652. The van der Waals surface area contributed by atoms with E-state index in [1.54, 1.807) is 12.1 Å². The van der Waals surface area contributed by atoms with Crippen LogP contribution in [0, 0.1) is 17.2 Å². The maximum atomic E-state index is 12.7. The quantitative estimate of drug-likeness (QED) is 0.696. The zero-order valence-corrected chi connectivity index (χ0v) is 17.8. The molecule has 2 fully saturated rings. The van der Waals surface area contributed by atoms with Gasteiger partial charge < -0.3 is 10.2 Å². The lowest BCUT2D eigenvalue weighted by atomic mass is 9.84. The first-order valence-electron chi connectivity index (χ1n) is 11.2. The Morgan fingerprint density at radius 1 is 1.06 bits per heavy atom. The molecule has 0 spiro atoms. The van der Waals surface area contributed by atoms with Crippen molar-refractivity contribution < 1.29 is 18.0 Å². The highest BCUT2D eigenvalue weighted by molar-refractivity contribution is 5.76. The molecule has 1 amide bonds. The minimum atomic E-state index is -4.29. The van der Waals surface area contributed by atoms with Crippen LogP contribution in [0.25, 0.3) is 0 Å². The number of anilines is 1. The van der Waals surface area contributed by atoms with E-state index in [1.165, 1.54) is 0 Å². The summed E-state index contributed by atoms with van der Waals surface area (Å²) in [6.45, 7) is 4.54. The molecule has 0 bridgehead atoms. The van der Waals surface area contributed by atoms with Crippen LogP contribution in [0.2, 0.25) is 0 Å². The third-order valence-electron chi connectivity index (χ3n) is 6.46. The van der Waals surface area contributed by atoms with E-state index in [2.05, 4.69) is 15.1 Å². The highest BCUT2D eigenvalue weighted by atomic mass is 19.4. The van der Waals surface area contributed by atoms with Crippen LogP contribution in [0.1, 0.15) is 50.5 Å². The molecule has 8 heteroatoms. The summed E-state index contributed by atoms with van der Waals surface area (Å²) < 4.78 is 38.2. The molecule has 1 saturated carbocycles. The van der Waals surface area contributed by atoms with Gasteiger partial charge in [-0.1, -0.05) is 0 Å². The number of nitrogens with one attached hydrogen (secondary N) is 1. The lowest BCUT2D eigenvalue weighted by molar-refractivity contribution is -0.137. The van der Waals surface area contributed by atoms with Crippen LogP contribution < -0.4 is 10.2 Å². The van der Waals surface area contributed by atoms with Crippen molar-refractivity contribution in [2.75, 3.05) is 37.6 Å². The lowest BCUT2D eigenvalue weighted by Gasteiger charge is -2.37. The van der Waals surface area contributed by atoms with E-state index < -0.39 is 11.7 Å². The van der Waals surface area contributed by atoms with Crippen LogP contribution >= 0.6 is 0 Å². The van der Waals surface area contributed by atoms with Gasteiger partial charge in [0.1, 0.15) is 0 Å². The average Bonchev–Trinajstić information content (AvgIpc) is 2.77. The number of piperazine rings is 1. The molecule has 1 saturated heterocycles. The smallest absolute Gasteiger partial charge is 0.369 e. The number of amides is 1. The summed E-state index contributed by atoms with van der Waals surface area (Å²) in [7, 11) is 0. The summed E-state index contributed by atoms with van der Waals surface area (Å²) in [5, 5.41) is 11.6. The predicted octanol–water partition coefficient (Wildman–Crippen LogP) is 4.20. The van der Waals surface area contributed by atoms with Crippen molar-refractivity contribution in [3.05, 3.63) is 29.8 Å². The molecule has 0 atom stereocenters. The third kappa shape index (κ3) is 7.13. The zero-order valence-electron chi connectivity index (χ0n) is 17.8. The molecule has 3 rings (SSSR count). The van der Waals surface area contributed by atoms with Gasteiger partial charge in [-0.3, -0.25) is 9.69 Å². The Morgan fingerprint density at radius 2 is 1.71 bits per heavy atom. The predicted molar refractivity (Wildman–Crippen MR) is 113 cm³/mol. The van der Waals surface area contributed by atoms with E-state index >= 15 is 0 Å². The molecular weight excluding hydrogens is 405 g/mol. The number of benzene rings is 1. The van der Waals surface area contributed by atoms with Gasteiger partial charge in [0.25, 0.3) is 0 Å². The maximum Gasteiger partial charge on any atom is 0.416 e. The topological polar surface area (TPSA) is 59.4 Å². The minimum absolute atomic E-state index is 0.0177. The van der Waals surface area contributed by atoms with Gasteiger partial charge >= 0.3 is 6.18 Å². The van der Waals surface area contributed by atoms with Gasteiger partial charge in [0.15, 0.2) is 0 Å². The van der Waals surface area contributed by atoms with E-state index in [4.69, 9.17) is 5.26 Å². The van der Waals surface area contributed by atoms with Gasteiger partial charge in [-0.15, -0.1) is 0 Å². The zero-order chi connectivity index (χ0) is 22.3. The molecule has 1 heterocycles. The van der Waals surface area contributed by atoms with Crippen molar-refractivity contribution in [2.24, 2.45) is 5.92 Å². The molecule has 1 N–H and O–H groups in total. The van der Waals surface area contributed by atoms with Gasteiger partial charge in [0, 0.05) is 50.7 Å². The van der Waals surface area contributed by atoms with E-state index in [0.29, 0.717) is 5.92 Å². The summed E-state index contributed by atoms with van der Waals surface area (Å²) in [6, 6.07) is 7.69. The van der Waals surface area contributed by atoms with Gasteiger partial charge in [-0.2, -0.15) is 18.4 Å². The number of hydrogen-bond acceptors (Lipinski definition) is 4. The van der Waals surface area contributed by atoms with Crippen molar-refractivity contribution in [2.45, 2.75) is 57.2 Å². The Bertz CT molecular complexity index is 744. The third-order valence-corrected chi connectivity index (χ3v) is 6.46. The number of carbonyl (C=O) groups is 1. The average molecular weight is 437 g/mol. The number of rotatable bonds is 7. The standard InChI is InChI=1S/C23H31F3N4O/c24-23(25,26)19-5-9-21(10-6-19)30-16-14-29(15-17-30)13-11-18-3-7-20(8-4-18)28-22(31)2-1-12-27/h5-6,9-10,18,20H,1-4,7-8,11,13-17H2,(H,28,31). The van der Waals surface area contributed by atoms with E-state index in [-0.39, 0.29) is 24.8 Å². The summed E-state index contributed by atoms with van der Waals surface area (Å²) in [5.74, 6) is 0.663. The van der Waals surface area contributed by atoms with Crippen LogP contribution in [0.15, 0.2) is 24.3 Å². The van der Waals surface area contributed by atoms with Crippen molar-refractivity contribution in [1.29, 1.82) is 5.26 Å². The fourth-order valence-electron chi connectivity index (χ4n) is 4.52. The number of hydrogen-bond donors (Lipinski definition) is 1. The number of alkyl halides is 3. The first kappa shape index (κ1) is 23.4. The Morgan fingerprint density at radius 3 is 2.29 bits per heavy atom. The van der Waals surface area contributed by atoms with E-state index in [9.17, 15) is 18.0 Å². The van der Waals surface area contributed by atoms with Crippen LogP contribution in [0.4, 0.5) is 18.9 Å². The molecule has 1 aromatic carbocycles. The Balaban J connectivity index is 1.33. The normalized spacial score (nSPS) is 22.7.